The van der Waals surface area contributed by atoms with Gasteiger partial charge in [0.2, 0.25) is 5.91 Å². The third kappa shape index (κ3) is 2.42. The van der Waals surface area contributed by atoms with E-state index in [0.717, 1.165) is 11.2 Å². The van der Waals surface area contributed by atoms with Crippen molar-refractivity contribution >= 4 is 17.2 Å². The Balaban J connectivity index is 2.23. The van der Waals surface area contributed by atoms with Gasteiger partial charge in [0.15, 0.2) is 5.82 Å². The van der Waals surface area contributed by atoms with E-state index >= 15 is 0 Å². The van der Waals surface area contributed by atoms with Crippen molar-refractivity contribution in [2.75, 3.05) is 11.9 Å². The number of hydrogen-bond acceptors (Lipinski definition) is 4. The van der Waals surface area contributed by atoms with Crippen LogP contribution in [0.4, 0.5) is 5.82 Å². The van der Waals surface area contributed by atoms with Gasteiger partial charge in [0, 0.05) is 18.9 Å². The minimum atomic E-state index is -0.334. The van der Waals surface area contributed by atoms with E-state index < -0.39 is 0 Å². The number of fused-ring (bicyclic) bond motifs is 1. The summed E-state index contributed by atoms with van der Waals surface area (Å²) in [6.07, 6.45) is 3.44. The summed E-state index contributed by atoms with van der Waals surface area (Å²) in [6, 6.07) is 1.60. The number of amides is 1. The van der Waals surface area contributed by atoms with Gasteiger partial charge in [0.25, 0.3) is 0 Å². The molecule has 1 unspecified atom stereocenters. The Morgan fingerprint density at radius 3 is 3.06 bits per heavy atom. The largest absolute Gasteiger partial charge is 0.357 e. The van der Waals surface area contributed by atoms with Gasteiger partial charge in [-0.25, -0.2) is 9.50 Å². The average molecular weight is 247 g/mol. The quantitative estimate of drug-likeness (QED) is 0.844. The Bertz CT molecular complexity index is 563. The van der Waals surface area contributed by atoms with Gasteiger partial charge in [-0.15, -0.1) is 0 Å². The van der Waals surface area contributed by atoms with Crippen LogP contribution in [0.25, 0.3) is 5.52 Å². The molecule has 0 bridgehead atoms. The monoisotopic (exact) mass is 247 g/mol. The molecule has 1 atom stereocenters. The molecule has 2 heterocycles. The molecule has 18 heavy (non-hydrogen) atoms. The second-order valence-electron chi connectivity index (χ2n) is 4.15. The molecule has 6 nitrogen and oxygen atoms in total. The second-order valence-corrected chi connectivity index (χ2v) is 4.15. The lowest BCUT2D eigenvalue weighted by Crippen LogP contribution is -2.37. The van der Waals surface area contributed by atoms with Gasteiger partial charge >= 0.3 is 0 Å². The smallest absolute Gasteiger partial charge is 0.242 e. The molecule has 2 N–H and O–H groups in total. The Labute approximate surface area is 105 Å². The van der Waals surface area contributed by atoms with E-state index in [1.165, 1.54) is 0 Å². The van der Waals surface area contributed by atoms with E-state index in [4.69, 9.17) is 0 Å². The number of carbonyl (C=O) groups excluding carboxylic acids is 1. The predicted molar refractivity (Wildman–Crippen MR) is 69.5 cm³/mol. The highest BCUT2D eigenvalue weighted by molar-refractivity contribution is 5.85. The summed E-state index contributed by atoms with van der Waals surface area (Å²) in [4.78, 5) is 15.9. The van der Waals surface area contributed by atoms with Crippen LogP contribution in [-0.2, 0) is 4.79 Å². The number of carbonyl (C=O) groups is 1. The fraction of sp³-hybridized carbons (Fsp3) is 0.417. The molecule has 2 aromatic heterocycles. The topological polar surface area (TPSA) is 71.3 Å². The fourth-order valence-electron chi connectivity index (χ4n) is 1.75. The lowest BCUT2D eigenvalue weighted by Gasteiger charge is -2.14. The van der Waals surface area contributed by atoms with Crippen molar-refractivity contribution in [3.05, 3.63) is 24.2 Å². The first-order chi connectivity index (χ1) is 8.61. The molecule has 0 aromatic carbocycles. The summed E-state index contributed by atoms with van der Waals surface area (Å²) in [5.74, 6) is 0.620. The first kappa shape index (κ1) is 12.3. The molecule has 1 amide bonds. The number of rotatable bonds is 4. The Kier molecular flexibility index (Phi) is 3.45. The molecular weight excluding hydrogens is 230 g/mol. The number of aromatic nitrogens is 3. The summed E-state index contributed by atoms with van der Waals surface area (Å²) < 4.78 is 1.75. The zero-order valence-corrected chi connectivity index (χ0v) is 10.8. The van der Waals surface area contributed by atoms with Crippen molar-refractivity contribution in [2.24, 2.45) is 0 Å². The number of aryl methyl sites for hydroxylation is 1. The molecule has 0 aliphatic rings. The van der Waals surface area contributed by atoms with Crippen molar-refractivity contribution < 1.29 is 4.79 Å². The molecule has 2 rings (SSSR count). The van der Waals surface area contributed by atoms with Crippen molar-refractivity contribution in [3.63, 3.8) is 0 Å². The first-order valence-corrected chi connectivity index (χ1v) is 5.97. The Hall–Kier alpha value is -2.11. The number of nitrogens with one attached hydrogen (secondary N) is 2. The van der Waals surface area contributed by atoms with Gasteiger partial charge in [-0.1, -0.05) is 0 Å². The summed E-state index contributed by atoms with van der Waals surface area (Å²) in [5.41, 5.74) is 1.78. The average Bonchev–Trinajstić information content (AvgIpc) is 2.71. The SMILES string of the molecule is CCNC(=O)C(C)Nc1nccn2nc(C)cc12. The lowest BCUT2D eigenvalue weighted by atomic mass is 10.3. The minimum absolute atomic E-state index is 0.0439. The van der Waals surface area contributed by atoms with E-state index in [9.17, 15) is 4.79 Å². The van der Waals surface area contributed by atoms with Crippen molar-refractivity contribution in [3.8, 4) is 0 Å². The molecule has 0 aliphatic heterocycles. The molecule has 0 saturated heterocycles. The lowest BCUT2D eigenvalue weighted by molar-refractivity contribution is -0.121. The van der Waals surface area contributed by atoms with Crippen LogP contribution in [0.3, 0.4) is 0 Å². The molecule has 2 aromatic rings. The van der Waals surface area contributed by atoms with E-state index in [1.54, 1.807) is 23.8 Å². The van der Waals surface area contributed by atoms with E-state index in [2.05, 4.69) is 20.7 Å². The normalized spacial score (nSPS) is 12.4. The molecular formula is C12H17N5O. The van der Waals surface area contributed by atoms with Gasteiger partial charge in [0.05, 0.1) is 5.69 Å². The molecule has 0 radical (unpaired) electrons. The number of likely N-dealkylation sites (N-methyl/N-ethyl adjacent to an activating group) is 1. The van der Waals surface area contributed by atoms with Gasteiger partial charge < -0.3 is 10.6 Å². The summed E-state index contributed by atoms with van der Waals surface area (Å²) >= 11 is 0. The van der Waals surface area contributed by atoms with Crippen LogP contribution in [0.1, 0.15) is 19.5 Å². The zero-order valence-electron chi connectivity index (χ0n) is 10.8. The molecule has 96 valence electrons. The maximum absolute atomic E-state index is 11.7. The van der Waals surface area contributed by atoms with Crippen LogP contribution >= 0.6 is 0 Å². The van der Waals surface area contributed by atoms with E-state index in [-0.39, 0.29) is 11.9 Å². The van der Waals surface area contributed by atoms with Crippen molar-refractivity contribution in [1.82, 2.24) is 19.9 Å². The van der Waals surface area contributed by atoms with Crippen LogP contribution < -0.4 is 10.6 Å². The van der Waals surface area contributed by atoms with E-state index in [0.29, 0.717) is 12.4 Å². The van der Waals surface area contributed by atoms with E-state index in [1.807, 2.05) is 19.9 Å². The minimum Gasteiger partial charge on any atom is -0.357 e. The van der Waals surface area contributed by atoms with Crippen molar-refractivity contribution in [1.29, 1.82) is 0 Å². The van der Waals surface area contributed by atoms with Gasteiger partial charge in [-0.2, -0.15) is 5.10 Å². The summed E-state index contributed by atoms with van der Waals surface area (Å²) in [7, 11) is 0. The third-order valence-corrected chi connectivity index (χ3v) is 2.61. The van der Waals surface area contributed by atoms with Gasteiger partial charge in [-0.3, -0.25) is 4.79 Å². The van der Waals surface area contributed by atoms with Crippen LogP contribution in [0.15, 0.2) is 18.5 Å². The van der Waals surface area contributed by atoms with Crippen LogP contribution in [0.2, 0.25) is 0 Å². The fourth-order valence-corrected chi connectivity index (χ4v) is 1.75. The Morgan fingerprint density at radius 2 is 2.33 bits per heavy atom. The highest BCUT2D eigenvalue weighted by atomic mass is 16.2. The molecule has 0 aliphatic carbocycles. The molecule has 0 saturated carbocycles. The summed E-state index contributed by atoms with van der Waals surface area (Å²) in [5, 5.41) is 10.2. The highest BCUT2D eigenvalue weighted by Crippen LogP contribution is 2.15. The standard InChI is InChI=1S/C12H17N5O/c1-4-13-12(18)9(3)15-11-10-7-8(2)16-17(10)6-5-14-11/h5-7,9H,4H2,1-3H3,(H,13,18)(H,14,15). The maximum Gasteiger partial charge on any atom is 0.242 e. The van der Waals surface area contributed by atoms with Crippen LogP contribution in [-0.4, -0.2) is 33.1 Å². The molecule has 0 spiro atoms. The molecule has 0 fully saturated rings. The van der Waals surface area contributed by atoms with Gasteiger partial charge in [-0.05, 0) is 26.8 Å². The third-order valence-electron chi connectivity index (χ3n) is 2.61. The first-order valence-electron chi connectivity index (χ1n) is 5.97. The second kappa shape index (κ2) is 5.03. The predicted octanol–water partition coefficient (Wildman–Crippen LogP) is 0.974. The van der Waals surface area contributed by atoms with Crippen LogP contribution in [0, 0.1) is 6.92 Å². The number of anilines is 1. The summed E-state index contributed by atoms with van der Waals surface area (Å²) in [6.45, 7) is 6.24. The number of hydrogen-bond donors (Lipinski definition) is 2. The Morgan fingerprint density at radius 1 is 1.56 bits per heavy atom. The number of nitrogens with zero attached hydrogens (tertiary/aromatic N) is 3. The molecule has 6 heteroatoms. The van der Waals surface area contributed by atoms with Crippen LogP contribution in [0.5, 0.6) is 0 Å². The van der Waals surface area contributed by atoms with Crippen molar-refractivity contribution in [2.45, 2.75) is 26.8 Å². The zero-order chi connectivity index (χ0) is 13.1. The highest BCUT2D eigenvalue weighted by Gasteiger charge is 2.14. The van der Waals surface area contributed by atoms with Gasteiger partial charge in [0.1, 0.15) is 11.6 Å². The maximum atomic E-state index is 11.7.